The maximum absolute atomic E-state index is 13.8. The van der Waals surface area contributed by atoms with E-state index in [9.17, 15) is 58.4 Å². The highest BCUT2D eigenvalue weighted by Crippen LogP contribution is 2.50. The van der Waals surface area contributed by atoms with Crippen LogP contribution in [0.5, 0.6) is 0 Å². The normalized spacial score (nSPS) is 16.6. The number of carbonyl (C=O) groups excluding carboxylic acids is 2. The predicted octanol–water partition coefficient (Wildman–Crippen LogP) is 3.19. The fourth-order valence-corrected chi connectivity index (χ4v) is 9.04. The Hall–Kier alpha value is -4.50. The lowest BCUT2D eigenvalue weighted by Gasteiger charge is -2.27. The van der Waals surface area contributed by atoms with Gasteiger partial charge in [0.15, 0.2) is 5.71 Å². The zero-order valence-electron chi connectivity index (χ0n) is 34.1. The third-order valence-electron chi connectivity index (χ3n) is 10.1. The van der Waals surface area contributed by atoms with E-state index < -0.39 is 82.8 Å². The Labute approximate surface area is 363 Å². The average molecular weight is 945 g/mol. The average Bonchev–Trinajstić information content (AvgIpc) is 3.50. The summed E-state index contributed by atoms with van der Waals surface area (Å²) in [4.78, 5) is 40.7. The van der Waals surface area contributed by atoms with Crippen LogP contribution in [0.25, 0.3) is 0 Å². The Bertz CT molecular complexity index is 2530. The van der Waals surface area contributed by atoms with E-state index in [4.69, 9.17) is 5.26 Å². The molecule has 0 unspecified atom stereocenters. The van der Waals surface area contributed by atoms with Crippen LogP contribution >= 0.6 is 12.0 Å². The molecule has 24 heteroatoms. The van der Waals surface area contributed by atoms with Gasteiger partial charge in [0, 0.05) is 101 Å². The van der Waals surface area contributed by atoms with Gasteiger partial charge in [0.2, 0.25) is 5.69 Å². The maximum atomic E-state index is 13.8. The monoisotopic (exact) mass is 944 g/mol. The summed E-state index contributed by atoms with van der Waals surface area (Å²) in [6.07, 6.45) is 8.41. The third kappa shape index (κ3) is 13.0. The third-order valence-corrected chi connectivity index (χ3v) is 12.9. The number of rotatable bonds is 22. The van der Waals surface area contributed by atoms with Crippen molar-refractivity contribution in [2.24, 2.45) is 0 Å². The van der Waals surface area contributed by atoms with Gasteiger partial charge in [-0.05, 0) is 50.6 Å². The maximum Gasteiger partial charge on any atom is 0.335 e. The largest absolute Gasteiger partial charge is 0.748 e. The SMILES string of the molecule is CC1(C)C(/C=C/C=C/C=C2/N(CCCS(=O)(=O)[O-])c3cc(C(=O)NCCSOOO)cc(C(=O)NCCS(=O)(=O)O)c3C2(C)C)=[N+](CCCS(=O)(=O)O)c2ccc(C(=O)O)cc21. The number of carbonyl (C=O) groups is 3. The number of allylic oxidation sites excluding steroid dienone is 6. The van der Waals surface area contributed by atoms with Gasteiger partial charge in [0.05, 0.1) is 32.6 Å². The highest BCUT2D eigenvalue weighted by molar-refractivity contribution is 7.94. The number of nitrogens with zero attached hydrogens (tertiary/aromatic N) is 2. The van der Waals surface area contributed by atoms with Crippen LogP contribution in [0, 0.1) is 0 Å². The van der Waals surface area contributed by atoms with Crippen molar-refractivity contribution in [1.82, 2.24) is 10.6 Å². The van der Waals surface area contributed by atoms with Crippen molar-refractivity contribution in [2.45, 2.75) is 51.4 Å². The van der Waals surface area contributed by atoms with E-state index in [1.165, 1.54) is 18.2 Å². The van der Waals surface area contributed by atoms with Crippen molar-refractivity contribution >= 4 is 77.3 Å². The smallest absolute Gasteiger partial charge is 0.335 e. The fourth-order valence-electron chi connectivity index (χ4n) is 7.41. The van der Waals surface area contributed by atoms with Crippen molar-refractivity contribution in [3.8, 4) is 0 Å². The molecule has 2 aliphatic heterocycles. The molecule has 2 amide bonds. The first-order valence-electron chi connectivity index (χ1n) is 18.8. The number of aromatic carboxylic acids is 1. The molecular weight excluding hydrogens is 897 g/mol. The molecular formula is C38H48N4O16S4. The fraction of sp³-hybridized carbons (Fsp3) is 0.421. The standard InChI is InChI=1S/C38H48N4O16S4/c1-37(2)28-23-25(36(45)46)12-13-29(28)41(16-8-19-60(48,49)50)31(37)10-6-5-7-11-32-38(3,4)33-27(35(44)40-15-21-62(54,55)56)22-26(34(43)39-14-18-59-58-57-47)24-30(33)42(32)17-9-20-61(51,52)53/h5-7,10-13,22-24H,8-9,14-21H2,1-4H3,(H6-,39,40,43,44,45,46,47,48,49,50,51,52,53,54,55,56). The minimum absolute atomic E-state index is 0.0150. The van der Waals surface area contributed by atoms with Crippen molar-refractivity contribution in [3.05, 3.63) is 94.2 Å². The molecule has 0 bridgehead atoms. The number of fused-ring (bicyclic) bond motifs is 2. The Morgan fingerprint density at radius 1 is 0.855 bits per heavy atom. The van der Waals surface area contributed by atoms with Crippen LogP contribution in [0.1, 0.15) is 82.7 Å². The quantitative estimate of drug-likeness (QED) is 0.0188. The van der Waals surface area contributed by atoms with Crippen molar-refractivity contribution in [2.75, 3.05) is 54.1 Å². The highest BCUT2D eigenvalue weighted by Gasteiger charge is 2.45. The number of nitrogens with one attached hydrogen (secondary N) is 2. The molecule has 0 aliphatic carbocycles. The van der Waals surface area contributed by atoms with Crippen LogP contribution in [0.15, 0.2) is 66.4 Å². The van der Waals surface area contributed by atoms with Gasteiger partial charge >= 0.3 is 5.97 Å². The van der Waals surface area contributed by atoms with E-state index in [2.05, 4.69) is 20.0 Å². The molecule has 62 heavy (non-hydrogen) atoms. The number of carboxylic acids is 1. The van der Waals surface area contributed by atoms with Gasteiger partial charge in [-0.1, -0.05) is 37.1 Å². The Morgan fingerprint density at radius 3 is 2.16 bits per heavy atom. The number of amides is 2. The summed E-state index contributed by atoms with van der Waals surface area (Å²) in [6.45, 7) is 6.97. The molecule has 0 atom stereocenters. The van der Waals surface area contributed by atoms with Crippen LogP contribution in [0.3, 0.4) is 0 Å². The van der Waals surface area contributed by atoms with E-state index in [1.807, 2.05) is 18.4 Å². The zero-order chi connectivity index (χ0) is 46.3. The minimum Gasteiger partial charge on any atom is -0.748 e. The Balaban J connectivity index is 1.79. The number of anilines is 1. The first kappa shape index (κ1) is 50.1. The summed E-state index contributed by atoms with van der Waals surface area (Å²) in [6, 6.07) is 7.44. The molecule has 0 saturated heterocycles. The van der Waals surface area contributed by atoms with Gasteiger partial charge in [-0.25, -0.2) is 18.5 Å². The summed E-state index contributed by atoms with van der Waals surface area (Å²) in [5, 5.41) is 26.6. The van der Waals surface area contributed by atoms with Crippen LogP contribution in [0.2, 0.25) is 0 Å². The van der Waals surface area contributed by atoms with Crippen LogP contribution in [-0.4, -0.2) is 127 Å². The first-order valence-corrected chi connectivity index (χ1v) is 24.5. The van der Waals surface area contributed by atoms with E-state index in [1.54, 1.807) is 61.3 Å². The van der Waals surface area contributed by atoms with E-state index in [0.717, 1.165) is 0 Å². The molecule has 2 aliphatic rings. The molecule has 6 N–H and O–H groups in total. The van der Waals surface area contributed by atoms with Crippen molar-refractivity contribution in [1.29, 1.82) is 0 Å². The molecule has 0 aromatic heterocycles. The molecule has 20 nitrogen and oxygen atoms in total. The molecule has 2 heterocycles. The molecule has 2 aromatic carbocycles. The van der Waals surface area contributed by atoms with Crippen LogP contribution in [-0.2, 0) is 50.6 Å². The van der Waals surface area contributed by atoms with Gasteiger partial charge in [-0.15, -0.1) is 4.33 Å². The summed E-state index contributed by atoms with van der Waals surface area (Å²) < 4.78 is 106. The predicted molar refractivity (Wildman–Crippen MR) is 228 cm³/mol. The molecule has 0 radical (unpaired) electrons. The van der Waals surface area contributed by atoms with Crippen molar-refractivity contribution < 1.29 is 77.6 Å². The Morgan fingerprint density at radius 2 is 1.53 bits per heavy atom. The van der Waals surface area contributed by atoms with E-state index >= 15 is 0 Å². The first-order chi connectivity index (χ1) is 28.8. The summed E-state index contributed by atoms with van der Waals surface area (Å²) in [7, 11) is -13.3. The summed E-state index contributed by atoms with van der Waals surface area (Å²) >= 11 is 0.688. The second-order valence-electron chi connectivity index (χ2n) is 15.2. The lowest BCUT2D eigenvalue weighted by atomic mass is 9.80. The lowest BCUT2D eigenvalue weighted by molar-refractivity contribution is -0.437. The highest BCUT2D eigenvalue weighted by atomic mass is 32.2. The summed E-state index contributed by atoms with van der Waals surface area (Å²) in [5.41, 5.74) is 1.46. The molecule has 2 aromatic rings. The van der Waals surface area contributed by atoms with Gasteiger partial charge in [0.1, 0.15) is 6.54 Å². The second kappa shape index (κ2) is 20.3. The molecule has 0 saturated carbocycles. The van der Waals surface area contributed by atoms with Gasteiger partial charge in [-0.2, -0.15) is 21.4 Å². The van der Waals surface area contributed by atoms with Gasteiger partial charge in [0.25, 0.3) is 32.1 Å². The van der Waals surface area contributed by atoms with Gasteiger partial charge < -0.3 is 25.2 Å². The topological polar surface area (TPSA) is 306 Å². The molecule has 0 fully saturated rings. The molecule has 4 rings (SSSR count). The number of hydrogen-bond donors (Lipinski definition) is 6. The number of hydrogen-bond acceptors (Lipinski definition) is 15. The van der Waals surface area contributed by atoms with Crippen molar-refractivity contribution in [3.63, 3.8) is 0 Å². The molecule has 340 valence electrons. The van der Waals surface area contributed by atoms with E-state index in [-0.39, 0.29) is 54.9 Å². The minimum atomic E-state index is -4.64. The lowest BCUT2D eigenvalue weighted by Crippen LogP contribution is -2.32. The van der Waals surface area contributed by atoms with Crippen LogP contribution in [0.4, 0.5) is 11.4 Å². The molecule has 0 spiro atoms. The second-order valence-corrected chi connectivity index (χ2v) is 20.7. The number of benzene rings is 2. The zero-order valence-corrected chi connectivity index (χ0v) is 37.3. The van der Waals surface area contributed by atoms with Crippen LogP contribution < -0.4 is 15.5 Å². The Kier molecular flexibility index (Phi) is 16.5. The van der Waals surface area contributed by atoms with Gasteiger partial charge in [-0.3, -0.25) is 18.7 Å². The van der Waals surface area contributed by atoms with E-state index in [0.29, 0.717) is 46.0 Å². The number of carboxylic acid groups (broad SMARTS) is 1. The summed E-state index contributed by atoms with van der Waals surface area (Å²) in [5.74, 6) is -4.43.